The number of fused-ring (bicyclic) bond motifs is 1. The van der Waals surface area contributed by atoms with E-state index in [0.717, 1.165) is 17.9 Å². The van der Waals surface area contributed by atoms with Crippen LogP contribution in [-0.2, 0) is 4.79 Å². The van der Waals surface area contributed by atoms with E-state index in [1.165, 1.54) is 0 Å². The standard InChI is InChI=1S/C14H18BrNO3/c1-9(2)13(15)14(17)16-10-4-5-11-12(8-10)19-7-3-6-18-11/h4-5,8-9,13H,3,6-7H2,1-2H3,(H,16,17). The molecule has 0 bridgehead atoms. The molecule has 1 aliphatic rings. The Balaban J connectivity index is 2.09. The number of carbonyl (C=O) groups excluding carboxylic acids is 1. The van der Waals surface area contributed by atoms with E-state index in [9.17, 15) is 4.79 Å². The molecule has 1 aromatic carbocycles. The zero-order valence-electron chi connectivity index (χ0n) is 11.1. The van der Waals surface area contributed by atoms with Crippen molar-refractivity contribution in [3.05, 3.63) is 18.2 Å². The monoisotopic (exact) mass is 327 g/mol. The fourth-order valence-electron chi connectivity index (χ4n) is 1.75. The van der Waals surface area contributed by atoms with Gasteiger partial charge in [0.1, 0.15) is 0 Å². The molecule has 19 heavy (non-hydrogen) atoms. The van der Waals surface area contributed by atoms with Crippen LogP contribution < -0.4 is 14.8 Å². The molecule has 1 unspecified atom stereocenters. The molecule has 0 spiro atoms. The fraction of sp³-hybridized carbons (Fsp3) is 0.500. The van der Waals surface area contributed by atoms with Gasteiger partial charge < -0.3 is 14.8 Å². The third kappa shape index (κ3) is 3.62. The molecule has 0 saturated heterocycles. The number of ether oxygens (including phenoxy) is 2. The molecule has 4 nitrogen and oxygen atoms in total. The minimum atomic E-state index is -0.205. The van der Waals surface area contributed by atoms with Gasteiger partial charge in [-0.1, -0.05) is 29.8 Å². The van der Waals surface area contributed by atoms with E-state index >= 15 is 0 Å². The lowest BCUT2D eigenvalue weighted by molar-refractivity contribution is -0.116. The molecule has 1 atom stereocenters. The van der Waals surface area contributed by atoms with Crippen molar-refractivity contribution in [1.82, 2.24) is 0 Å². The molecule has 0 saturated carbocycles. The number of anilines is 1. The van der Waals surface area contributed by atoms with Crippen molar-refractivity contribution in [3.8, 4) is 11.5 Å². The molecule has 0 aliphatic carbocycles. The van der Waals surface area contributed by atoms with Crippen LogP contribution in [0.5, 0.6) is 11.5 Å². The normalized spacial score (nSPS) is 15.8. The highest BCUT2D eigenvalue weighted by molar-refractivity contribution is 9.10. The summed E-state index contributed by atoms with van der Waals surface area (Å²) in [5.41, 5.74) is 0.722. The first kappa shape index (κ1) is 14.2. The Morgan fingerprint density at radius 1 is 1.26 bits per heavy atom. The number of halogens is 1. The Bertz CT molecular complexity index is 462. The molecule has 0 radical (unpaired) electrons. The summed E-state index contributed by atoms with van der Waals surface area (Å²) in [6, 6.07) is 5.46. The van der Waals surface area contributed by atoms with Crippen LogP contribution in [0.4, 0.5) is 5.69 Å². The number of hydrogen-bond acceptors (Lipinski definition) is 3. The van der Waals surface area contributed by atoms with Crippen LogP contribution in [0.2, 0.25) is 0 Å². The van der Waals surface area contributed by atoms with E-state index in [4.69, 9.17) is 9.47 Å². The van der Waals surface area contributed by atoms with Crippen molar-refractivity contribution < 1.29 is 14.3 Å². The van der Waals surface area contributed by atoms with Crippen LogP contribution in [0.1, 0.15) is 20.3 Å². The van der Waals surface area contributed by atoms with Crippen LogP contribution in [0.25, 0.3) is 0 Å². The smallest absolute Gasteiger partial charge is 0.238 e. The zero-order valence-corrected chi connectivity index (χ0v) is 12.7. The zero-order chi connectivity index (χ0) is 13.8. The number of amides is 1. The minimum Gasteiger partial charge on any atom is -0.490 e. The summed E-state index contributed by atoms with van der Waals surface area (Å²) >= 11 is 3.38. The highest BCUT2D eigenvalue weighted by Crippen LogP contribution is 2.32. The van der Waals surface area contributed by atoms with Crippen molar-refractivity contribution in [3.63, 3.8) is 0 Å². The molecular weight excluding hydrogens is 310 g/mol. The van der Waals surface area contributed by atoms with E-state index in [2.05, 4.69) is 21.2 Å². The Morgan fingerprint density at radius 2 is 1.95 bits per heavy atom. The van der Waals surface area contributed by atoms with Crippen LogP contribution in [-0.4, -0.2) is 23.9 Å². The van der Waals surface area contributed by atoms with Gasteiger partial charge in [-0.05, 0) is 18.1 Å². The minimum absolute atomic E-state index is 0.0514. The summed E-state index contributed by atoms with van der Waals surface area (Å²) in [7, 11) is 0. The molecule has 1 aliphatic heterocycles. The van der Waals surface area contributed by atoms with Gasteiger partial charge in [-0.3, -0.25) is 4.79 Å². The number of alkyl halides is 1. The summed E-state index contributed by atoms with van der Waals surface area (Å²) in [5, 5.41) is 2.87. The first-order valence-corrected chi connectivity index (χ1v) is 7.34. The van der Waals surface area contributed by atoms with E-state index in [1.807, 2.05) is 26.0 Å². The average Bonchev–Trinajstić information content (AvgIpc) is 2.62. The molecule has 104 valence electrons. The highest BCUT2D eigenvalue weighted by atomic mass is 79.9. The predicted molar refractivity (Wildman–Crippen MR) is 78.2 cm³/mol. The summed E-state index contributed by atoms with van der Waals surface area (Å²) in [4.78, 5) is 11.8. The summed E-state index contributed by atoms with van der Waals surface area (Å²) in [6.07, 6.45) is 0.868. The molecule has 2 rings (SSSR count). The Hall–Kier alpha value is -1.23. The number of rotatable bonds is 3. The summed E-state index contributed by atoms with van der Waals surface area (Å²) < 4.78 is 11.1. The van der Waals surface area contributed by atoms with E-state index in [-0.39, 0.29) is 16.7 Å². The van der Waals surface area contributed by atoms with Gasteiger partial charge in [0.2, 0.25) is 5.91 Å². The van der Waals surface area contributed by atoms with Gasteiger partial charge >= 0.3 is 0 Å². The summed E-state index contributed by atoms with van der Waals surface area (Å²) in [5.74, 6) is 1.60. The largest absolute Gasteiger partial charge is 0.490 e. The highest BCUT2D eigenvalue weighted by Gasteiger charge is 2.19. The van der Waals surface area contributed by atoms with Crippen molar-refractivity contribution in [1.29, 1.82) is 0 Å². The molecule has 0 fully saturated rings. The van der Waals surface area contributed by atoms with Gasteiger partial charge in [0, 0.05) is 18.2 Å². The maximum Gasteiger partial charge on any atom is 0.238 e. The fourth-order valence-corrected chi connectivity index (χ4v) is 1.87. The molecule has 1 amide bonds. The Morgan fingerprint density at radius 3 is 2.63 bits per heavy atom. The van der Waals surface area contributed by atoms with Crippen LogP contribution >= 0.6 is 15.9 Å². The molecule has 1 N–H and O–H groups in total. The first-order chi connectivity index (χ1) is 9.08. The third-order valence-electron chi connectivity index (χ3n) is 2.85. The van der Waals surface area contributed by atoms with Crippen molar-refractivity contribution in [2.45, 2.75) is 25.1 Å². The van der Waals surface area contributed by atoms with Gasteiger partial charge in [-0.15, -0.1) is 0 Å². The lowest BCUT2D eigenvalue weighted by Crippen LogP contribution is -2.26. The molecular formula is C14H18BrNO3. The molecule has 5 heteroatoms. The maximum atomic E-state index is 12.0. The van der Waals surface area contributed by atoms with Crippen molar-refractivity contribution >= 4 is 27.5 Å². The topological polar surface area (TPSA) is 47.6 Å². The van der Waals surface area contributed by atoms with E-state index in [0.29, 0.717) is 19.0 Å². The van der Waals surface area contributed by atoms with Gasteiger partial charge in [-0.2, -0.15) is 0 Å². The van der Waals surface area contributed by atoms with Gasteiger partial charge in [0.25, 0.3) is 0 Å². The molecule has 0 aromatic heterocycles. The molecule has 1 heterocycles. The quantitative estimate of drug-likeness (QED) is 0.867. The van der Waals surface area contributed by atoms with Crippen molar-refractivity contribution in [2.24, 2.45) is 5.92 Å². The second-order valence-electron chi connectivity index (χ2n) is 4.85. The maximum absolute atomic E-state index is 12.0. The SMILES string of the molecule is CC(C)C(Br)C(=O)Nc1ccc2c(c1)OCCCO2. The van der Waals surface area contributed by atoms with E-state index < -0.39 is 0 Å². The molecule has 1 aromatic rings. The van der Waals surface area contributed by atoms with Crippen LogP contribution in [0.3, 0.4) is 0 Å². The van der Waals surface area contributed by atoms with Crippen molar-refractivity contribution in [2.75, 3.05) is 18.5 Å². The second-order valence-corrected chi connectivity index (χ2v) is 5.83. The lowest BCUT2D eigenvalue weighted by Gasteiger charge is -2.15. The predicted octanol–water partition coefficient (Wildman–Crippen LogP) is 3.21. The lowest BCUT2D eigenvalue weighted by atomic mass is 10.1. The second kappa shape index (κ2) is 6.28. The average molecular weight is 328 g/mol. The number of nitrogens with one attached hydrogen (secondary N) is 1. The first-order valence-electron chi connectivity index (χ1n) is 6.42. The van der Waals surface area contributed by atoms with E-state index in [1.54, 1.807) is 6.07 Å². The third-order valence-corrected chi connectivity index (χ3v) is 4.32. The van der Waals surface area contributed by atoms with Gasteiger partial charge in [0.15, 0.2) is 11.5 Å². The number of carbonyl (C=O) groups is 1. The number of hydrogen-bond donors (Lipinski definition) is 1. The van der Waals surface area contributed by atoms with Crippen LogP contribution in [0.15, 0.2) is 18.2 Å². The Kier molecular flexibility index (Phi) is 4.69. The van der Waals surface area contributed by atoms with Crippen LogP contribution in [0, 0.1) is 5.92 Å². The van der Waals surface area contributed by atoms with Gasteiger partial charge in [-0.25, -0.2) is 0 Å². The summed E-state index contributed by atoms with van der Waals surface area (Å²) in [6.45, 7) is 5.28. The Labute approximate surface area is 121 Å². The van der Waals surface area contributed by atoms with Gasteiger partial charge in [0.05, 0.1) is 18.0 Å². The number of benzene rings is 1.